The highest BCUT2D eigenvalue weighted by atomic mass is 16.5. The Bertz CT molecular complexity index is 2010. The molecule has 0 spiro atoms. The van der Waals surface area contributed by atoms with E-state index in [4.69, 9.17) is 14.2 Å². The monoisotopic (exact) mass is 917 g/mol. The standard InChI is InChI=1S/C63H96O4/c1-10-19-28-48-38-42-61(55(34-25-16-7)52(48)31-22-13-4)65-45-51-37-41-60(64)59(47-67-63-44-40-50(30-21-12-3)54(33-24-15-6)57(63)36-27-18-9)58(51)46-66-62-43-39-49(29-20-11-2)53(32-23-14-5)56(62)35-26-17-8/h37-44,64H,10-36,45-47H2,1-9H3. The largest absolute Gasteiger partial charge is 0.508 e. The maximum absolute atomic E-state index is 11.9. The van der Waals surface area contributed by atoms with Gasteiger partial charge >= 0.3 is 0 Å². The molecule has 4 aromatic carbocycles. The SMILES string of the molecule is CCCCc1ccc(OCc2ccc(O)c(COc3ccc(CCCC)c(CCCC)c3CCCC)c2COc2ccc(CCCC)c(CCCC)c2CCCC)c(CCCC)c1CCCC. The summed E-state index contributed by atoms with van der Waals surface area (Å²) in [5.74, 6) is 3.20. The van der Waals surface area contributed by atoms with Gasteiger partial charge in [0.05, 0.1) is 0 Å². The number of unbranched alkanes of at least 4 members (excludes halogenated alkanes) is 9. The first-order chi connectivity index (χ1) is 32.8. The van der Waals surface area contributed by atoms with Crippen molar-refractivity contribution in [1.29, 1.82) is 0 Å². The smallest absolute Gasteiger partial charge is 0.123 e. The van der Waals surface area contributed by atoms with Crippen molar-refractivity contribution < 1.29 is 19.3 Å². The summed E-state index contributed by atoms with van der Waals surface area (Å²) in [4.78, 5) is 0. The molecule has 0 aliphatic carbocycles. The molecule has 0 atom stereocenters. The minimum absolute atomic E-state index is 0.249. The molecule has 0 aliphatic rings. The van der Waals surface area contributed by atoms with E-state index in [2.05, 4.69) is 105 Å². The van der Waals surface area contributed by atoms with E-state index < -0.39 is 0 Å². The maximum Gasteiger partial charge on any atom is 0.123 e. The van der Waals surface area contributed by atoms with Crippen molar-refractivity contribution in [2.45, 2.75) is 255 Å². The Morgan fingerprint density at radius 2 is 0.537 bits per heavy atom. The molecule has 0 bridgehead atoms. The van der Waals surface area contributed by atoms with Crippen LogP contribution in [0.2, 0.25) is 0 Å². The van der Waals surface area contributed by atoms with Gasteiger partial charge in [-0.25, -0.2) is 0 Å². The van der Waals surface area contributed by atoms with E-state index in [-0.39, 0.29) is 12.4 Å². The molecule has 0 radical (unpaired) electrons. The third kappa shape index (κ3) is 16.9. The number of aromatic hydroxyl groups is 1. The Hall–Kier alpha value is -3.92. The highest BCUT2D eigenvalue weighted by Crippen LogP contribution is 2.37. The van der Waals surface area contributed by atoms with Gasteiger partial charge in [-0.05, 0) is 195 Å². The molecule has 4 heteroatoms. The number of ether oxygens (including phenoxy) is 3. The fraction of sp³-hybridized carbons (Fsp3) is 0.619. The zero-order valence-electron chi connectivity index (χ0n) is 44.5. The van der Waals surface area contributed by atoms with Crippen LogP contribution in [0.5, 0.6) is 23.0 Å². The third-order valence-corrected chi connectivity index (χ3v) is 14.2. The number of rotatable bonds is 36. The summed E-state index contributed by atoms with van der Waals surface area (Å²) in [6, 6.07) is 17.7. The summed E-state index contributed by atoms with van der Waals surface area (Å²) >= 11 is 0. The van der Waals surface area contributed by atoms with Crippen molar-refractivity contribution in [2.24, 2.45) is 0 Å². The molecule has 67 heavy (non-hydrogen) atoms. The number of benzene rings is 4. The van der Waals surface area contributed by atoms with Crippen molar-refractivity contribution in [1.82, 2.24) is 0 Å². The van der Waals surface area contributed by atoms with Crippen molar-refractivity contribution in [3.8, 4) is 23.0 Å². The van der Waals surface area contributed by atoms with Crippen LogP contribution >= 0.6 is 0 Å². The van der Waals surface area contributed by atoms with Gasteiger partial charge in [-0.3, -0.25) is 0 Å². The van der Waals surface area contributed by atoms with Crippen LogP contribution in [0.15, 0.2) is 48.5 Å². The molecule has 0 heterocycles. The van der Waals surface area contributed by atoms with Crippen molar-refractivity contribution in [2.75, 3.05) is 0 Å². The first-order valence-electron chi connectivity index (χ1n) is 28.0. The van der Waals surface area contributed by atoms with Gasteiger partial charge in [-0.15, -0.1) is 0 Å². The highest BCUT2D eigenvalue weighted by molar-refractivity contribution is 5.50. The summed E-state index contributed by atoms with van der Waals surface area (Å²) < 4.78 is 21.1. The Kier molecular flexibility index (Phi) is 26.6. The summed E-state index contributed by atoms with van der Waals surface area (Å²) in [6.07, 6.45) is 30.7. The molecule has 4 nitrogen and oxygen atoms in total. The van der Waals surface area contributed by atoms with E-state index in [0.717, 1.165) is 130 Å². The maximum atomic E-state index is 11.9. The van der Waals surface area contributed by atoms with E-state index >= 15 is 0 Å². The molecule has 0 amide bonds. The predicted octanol–water partition coefficient (Wildman–Crippen LogP) is 18.2. The van der Waals surface area contributed by atoms with Gasteiger partial charge in [0.25, 0.3) is 0 Å². The lowest BCUT2D eigenvalue weighted by molar-refractivity contribution is 0.266. The fourth-order valence-corrected chi connectivity index (χ4v) is 9.91. The third-order valence-electron chi connectivity index (χ3n) is 14.2. The van der Waals surface area contributed by atoms with Gasteiger partial charge in [-0.2, -0.15) is 0 Å². The Morgan fingerprint density at radius 1 is 0.269 bits per heavy atom. The number of hydrogen-bond acceptors (Lipinski definition) is 4. The number of phenolic OH excluding ortho intramolecular Hbond substituents is 1. The van der Waals surface area contributed by atoms with Crippen molar-refractivity contribution >= 4 is 0 Å². The molecule has 4 aromatic rings. The van der Waals surface area contributed by atoms with E-state index in [1.54, 1.807) is 0 Å². The molecule has 372 valence electrons. The van der Waals surface area contributed by atoms with Gasteiger partial charge in [0.15, 0.2) is 0 Å². The van der Waals surface area contributed by atoms with Crippen LogP contribution in [0, 0.1) is 0 Å². The van der Waals surface area contributed by atoms with Crippen molar-refractivity contribution in [3.63, 3.8) is 0 Å². The van der Waals surface area contributed by atoms with Crippen LogP contribution in [0.4, 0.5) is 0 Å². The number of hydrogen-bond donors (Lipinski definition) is 1. The average molecular weight is 917 g/mol. The van der Waals surface area contributed by atoms with Gasteiger partial charge in [-0.1, -0.05) is 144 Å². The fourth-order valence-electron chi connectivity index (χ4n) is 9.91. The van der Waals surface area contributed by atoms with Crippen LogP contribution in [0.25, 0.3) is 0 Å². The van der Waals surface area contributed by atoms with E-state index in [1.807, 2.05) is 6.07 Å². The van der Waals surface area contributed by atoms with Crippen LogP contribution in [-0.2, 0) is 77.6 Å². The van der Waals surface area contributed by atoms with Gasteiger partial charge in [0.2, 0.25) is 0 Å². The number of phenols is 1. The van der Waals surface area contributed by atoms with Crippen LogP contribution in [0.3, 0.4) is 0 Å². The van der Waals surface area contributed by atoms with Crippen molar-refractivity contribution in [3.05, 3.63) is 115 Å². The molecular formula is C63H96O4. The summed E-state index contributed by atoms with van der Waals surface area (Å²) in [7, 11) is 0. The second kappa shape index (κ2) is 32.0. The lowest BCUT2D eigenvalue weighted by atomic mass is 9.90. The molecule has 0 aromatic heterocycles. The normalized spacial score (nSPS) is 11.4. The Morgan fingerprint density at radius 3 is 0.866 bits per heavy atom. The van der Waals surface area contributed by atoms with Crippen LogP contribution in [0.1, 0.15) is 245 Å². The number of aryl methyl sites for hydroxylation is 3. The van der Waals surface area contributed by atoms with Crippen LogP contribution < -0.4 is 14.2 Å². The van der Waals surface area contributed by atoms with E-state index in [0.29, 0.717) is 13.2 Å². The average Bonchev–Trinajstić information content (AvgIpc) is 3.34. The second-order valence-corrected chi connectivity index (χ2v) is 19.5. The molecule has 0 saturated heterocycles. The van der Waals surface area contributed by atoms with Crippen LogP contribution in [-0.4, -0.2) is 5.11 Å². The molecule has 0 unspecified atom stereocenters. The van der Waals surface area contributed by atoms with E-state index in [1.165, 1.54) is 127 Å². The van der Waals surface area contributed by atoms with Gasteiger partial charge in [0, 0.05) is 11.1 Å². The first kappa shape index (κ1) is 55.7. The minimum Gasteiger partial charge on any atom is -0.508 e. The summed E-state index contributed by atoms with van der Waals surface area (Å²) in [6.45, 7) is 21.6. The molecule has 4 rings (SSSR count). The molecular weight excluding hydrogens is 821 g/mol. The molecule has 1 N–H and O–H groups in total. The molecule has 0 fully saturated rings. The predicted molar refractivity (Wildman–Crippen MR) is 288 cm³/mol. The summed E-state index contributed by atoms with van der Waals surface area (Å²) in [5.41, 5.74) is 15.9. The lowest BCUT2D eigenvalue weighted by Gasteiger charge is -2.23. The van der Waals surface area contributed by atoms with E-state index in [9.17, 15) is 5.11 Å². The molecule has 0 aliphatic heterocycles. The summed E-state index contributed by atoms with van der Waals surface area (Å²) in [5, 5.41) is 11.9. The topological polar surface area (TPSA) is 47.9 Å². The quantitative estimate of drug-likeness (QED) is 0.0494. The lowest BCUT2D eigenvalue weighted by Crippen LogP contribution is -2.13. The minimum atomic E-state index is 0.249. The highest BCUT2D eigenvalue weighted by Gasteiger charge is 2.22. The van der Waals surface area contributed by atoms with Gasteiger partial charge in [0.1, 0.15) is 42.8 Å². The molecule has 0 saturated carbocycles. The first-order valence-corrected chi connectivity index (χ1v) is 28.0. The zero-order valence-corrected chi connectivity index (χ0v) is 44.5. The zero-order chi connectivity index (χ0) is 48.2. The second-order valence-electron chi connectivity index (χ2n) is 19.5. The Balaban J connectivity index is 1.86. The Labute approximate surface area is 411 Å². The van der Waals surface area contributed by atoms with Gasteiger partial charge < -0.3 is 19.3 Å².